The maximum atomic E-state index is 12.5. The first kappa shape index (κ1) is 18.6. The molecule has 1 aromatic carbocycles. The minimum Gasteiger partial charge on any atom is -0.454 e. The van der Waals surface area contributed by atoms with Gasteiger partial charge in [0.15, 0.2) is 11.5 Å². The second-order valence-corrected chi connectivity index (χ2v) is 7.00. The van der Waals surface area contributed by atoms with Gasteiger partial charge in [-0.2, -0.15) is 0 Å². The van der Waals surface area contributed by atoms with E-state index in [-0.39, 0.29) is 12.7 Å². The summed E-state index contributed by atoms with van der Waals surface area (Å²) in [5, 5.41) is 0. The third-order valence-corrected chi connectivity index (χ3v) is 5.27. The molecule has 3 heterocycles. The van der Waals surface area contributed by atoms with E-state index in [1.807, 2.05) is 41.6 Å². The lowest BCUT2D eigenvalue weighted by Crippen LogP contribution is -2.48. The van der Waals surface area contributed by atoms with Crippen LogP contribution in [0.1, 0.15) is 18.3 Å². The second-order valence-electron chi connectivity index (χ2n) is 7.00. The van der Waals surface area contributed by atoms with Gasteiger partial charge in [-0.1, -0.05) is 13.0 Å². The van der Waals surface area contributed by atoms with Gasteiger partial charge >= 0.3 is 0 Å². The summed E-state index contributed by atoms with van der Waals surface area (Å²) in [6.45, 7) is 7.63. The molecule has 2 aliphatic heterocycles. The molecule has 0 saturated carbocycles. The predicted octanol–water partition coefficient (Wildman–Crippen LogP) is 2.03. The van der Waals surface area contributed by atoms with Crippen LogP contribution in [0.4, 0.5) is 0 Å². The number of carbonyl (C=O) groups is 1. The Kier molecular flexibility index (Phi) is 5.62. The highest BCUT2D eigenvalue weighted by Gasteiger charge is 2.19. The molecule has 0 spiro atoms. The first-order valence-electron chi connectivity index (χ1n) is 9.82. The molecule has 0 radical (unpaired) electrons. The van der Waals surface area contributed by atoms with Crippen LogP contribution in [0.25, 0.3) is 6.08 Å². The van der Waals surface area contributed by atoms with Gasteiger partial charge in [-0.25, -0.2) is 4.98 Å². The van der Waals surface area contributed by atoms with Crippen LogP contribution in [0.3, 0.4) is 0 Å². The molecule has 4 rings (SSSR count). The minimum atomic E-state index is 0.0557. The number of imidazole rings is 1. The number of ether oxygens (including phenoxy) is 2. The zero-order valence-corrected chi connectivity index (χ0v) is 16.2. The maximum absolute atomic E-state index is 12.5. The molecule has 0 unspecified atom stereocenters. The number of carbonyl (C=O) groups excluding carboxylic acids is 1. The number of rotatable bonds is 6. The molecule has 28 heavy (non-hydrogen) atoms. The Morgan fingerprint density at radius 2 is 1.96 bits per heavy atom. The van der Waals surface area contributed by atoms with Crippen molar-refractivity contribution in [3.8, 4) is 11.5 Å². The fraction of sp³-hybridized carbons (Fsp3) is 0.429. The summed E-state index contributed by atoms with van der Waals surface area (Å²) >= 11 is 0. The first-order chi connectivity index (χ1) is 13.7. The summed E-state index contributed by atoms with van der Waals surface area (Å²) in [7, 11) is 0. The highest BCUT2D eigenvalue weighted by atomic mass is 16.7. The van der Waals surface area contributed by atoms with Crippen molar-refractivity contribution in [2.75, 3.05) is 39.5 Å². The SMILES string of the molecule is CCc1nccn1CCN1CCN(C(=O)/C=C/c2ccc3c(c2)OCO3)CC1. The number of fused-ring (bicyclic) bond motifs is 1. The number of hydrogen-bond donors (Lipinski definition) is 0. The van der Waals surface area contributed by atoms with Crippen LogP contribution in [0.5, 0.6) is 11.5 Å². The normalized spacial score (nSPS) is 16.8. The van der Waals surface area contributed by atoms with Gasteiger partial charge in [0, 0.05) is 64.2 Å². The van der Waals surface area contributed by atoms with Crippen molar-refractivity contribution in [3.05, 3.63) is 48.1 Å². The average molecular weight is 382 g/mol. The molecule has 0 aliphatic carbocycles. The highest BCUT2D eigenvalue weighted by molar-refractivity contribution is 5.92. The van der Waals surface area contributed by atoms with Crippen molar-refractivity contribution in [1.29, 1.82) is 0 Å². The number of hydrogen-bond acceptors (Lipinski definition) is 5. The summed E-state index contributed by atoms with van der Waals surface area (Å²) in [6, 6.07) is 5.69. The lowest BCUT2D eigenvalue weighted by molar-refractivity contribution is -0.127. The monoisotopic (exact) mass is 382 g/mol. The summed E-state index contributed by atoms with van der Waals surface area (Å²) in [4.78, 5) is 21.2. The zero-order valence-electron chi connectivity index (χ0n) is 16.2. The van der Waals surface area contributed by atoms with Crippen molar-refractivity contribution in [3.63, 3.8) is 0 Å². The molecule has 1 saturated heterocycles. The molecule has 1 aromatic heterocycles. The number of nitrogens with zero attached hydrogens (tertiary/aromatic N) is 4. The largest absolute Gasteiger partial charge is 0.454 e. The van der Waals surface area contributed by atoms with E-state index in [1.165, 1.54) is 0 Å². The Hall–Kier alpha value is -2.80. The van der Waals surface area contributed by atoms with Crippen molar-refractivity contribution in [1.82, 2.24) is 19.4 Å². The number of piperazine rings is 1. The summed E-state index contributed by atoms with van der Waals surface area (Å²) in [5.74, 6) is 2.66. The molecule has 0 N–H and O–H groups in total. The van der Waals surface area contributed by atoms with Gasteiger partial charge in [-0.3, -0.25) is 9.69 Å². The first-order valence-corrected chi connectivity index (χ1v) is 9.82. The van der Waals surface area contributed by atoms with Crippen molar-refractivity contribution >= 4 is 12.0 Å². The standard InChI is InChI=1S/C21H26N4O3/c1-2-20-22-7-8-24(20)12-9-23-10-13-25(14-11-23)21(26)6-4-17-3-5-18-19(15-17)28-16-27-18/h3-8,15H,2,9-14,16H2,1H3/b6-4+. The smallest absolute Gasteiger partial charge is 0.246 e. The summed E-state index contributed by atoms with van der Waals surface area (Å²) in [5.41, 5.74) is 0.934. The van der Waals surface area contributed by atoms with Crippen LogP contribution in [0.15, 0.2) is 36.7 Å². The number of benzene rings is 1. The third kappa shape index (κ3) is 4.20. The van der Waals surface area contributed by atoms with Gasteiger partial charge in [-0.15, -0.1) is 0 Å². The summed E-state index contributed by atoms with van der Waals surface area (Å²) in [6.07, 6.45) is 8.33. The molecule has 1 fully saturated rings. The van der Waals surface area contributed by atoms with Crippen LogP contribution in [-0.2, 0) is 17.8 Å². The van der Waals surface area contributed by atoms with Crippen molar-refractivity contribution in [2.24, 2.45) is 0 Å². The lowest BCUT2D eigenvalue weighted by atomic mass is 10.2. The molecule has 148 valence electrons. The van der Waals surface area contributed by atoms with E-state index in [9.17, 15) is 4.79 Å². The fourth-order valence-corrected chi connectivity index (χ4v) is 3.59. The van der Waals surface area contributed by atoms with Crippen LogP contribution < -0.4 is 9.47 Å². The summed E-state index contributed by atoms with van der Waals surface area (Å²) < 4.78 is 12.9. The fourth-order valence-electron chi connectivity index (χ4n) is 3.59. The zero-order chi connectivity index (χ0) is 19.3. The number of amides is 1. The maximum Gasteiger partial charge on any atom is 0.246 e. The van der Waals surface area contributed by atoms with Gasteiger partial charge in [0.2, 0.25) is 12.7 Å². The molecule has 1 amide bonds. The predicted molar refractivity (Wildman–Crippen MR) is 106 cm³/mol. The van der Waals surface area contributed by atoms with E-state index in [4.69, 9.17) is 9.47 Å². The van der Waals surface area contributed by atoms with Gasteiger partial charge in [0.25, 0.3) is 0 Å². The van der Waals surface area contributed by atoms with Gasteiger partial charge < -0.3 is 18.9 Å². The van der Waals surface area contributed by atoms with Gasteiger partial charge in [0.1, 0.15) is 5.82 Å². The molecular formula is C21H26N4O3. The molecule has 2 aliphatic rings. The average Bonchev–Trinajstić information content (AvgIpc) is 3.39. The van der Waals surface area contributed by atoms with Crippen molar-refractivity contribution in [2.45, 2.75) is 19.9 Å². The Morgan fingerprint density at radius 3 is 2.79 bits per heavy atom. The van der Waals surface area contributed by atoms with E-state index in [1.54, 1.807) is 6.08 Å². The Morgan fingerprint density at radius 1 is 1.14 bits per heavy atom. The molecular weight excluding hydrogens is 356 g/mol. The quantitative estimate of drug-likeness (QED) is 0.716. The second kappa shape index (κ2) is 8.48. The molecule has 2 aromatic rings. The van der Waals surface area contributed by atoms with E-state index >= 15 is 0 Å². The van der Waals surface area contributed by atoms with Crippen LogP contribution in [-0.4, -0.2) is 64.8 Å². The van der Waals surface area contributed by atoms with Crippen LogP contribution in [0.2, 0.25) is 0 Å². The minimum absolute atomic E-state index is 0.0557. The van der Waals surface area contributed by atoms with Gasteiger partial charge in [-0.05, 0) is 23.8 Å². The van der Waals surface area contributed by atoms with E-state index in [0.717, 1.165) is 68.6 Å². The molecule has 7 heteroatoms. The molecule has 7 nitrogen and oxygen atoms in total. The van der Waals surface area contributed by atoms with Gasteiger partial charge in [0.05, 0.1) is 0 Å². The Balaban J connectivity index is 1.24. The Labute approximate surface area is 165 Å². The van der Waals surface area contributed by atoms with Crippen LogP contribution >= 0.6 is 0 Å². The molecule has 0 atom stereocenters. The lowest BCUT2D eigenvalue weighted by Gasteiger charge is -2.34. The van der Waals surface area contributed by atoms with Crippen LogP contribution in [0, 0.1) is 0 Å². The third-order valence-electron chi connectivity index (χ3n) is 5.27. The molecule has 0 bridgehead atoms. The topological polar surface area (TPSA) is 59.8 Å². The highest BCUT2D eigenvalue weighted by Crippen LogP contribution is 2.32. The number of aryl methyl sites for hydroxylation is 1. The number of aromatic nitrogens is 2. The van der Waals surface area contributed by atoms with E-state index < -0.39 is 0 Å². The van der Waals surface area contributed by atoms with Crippen molar-refractivity contribution < 1.29 is 14.3 Å². The Bertz CT molecular complexity index is 853. The van der Waals surface area contributed by atoms with E-state index in [0.29, 0.717) is 0 Å². The van der Waals surface area contributed by atoms with E-state index in [2.05, 4.69) is 21.4 Å².